The fraction of sp³-hybridized carbons (Fsp3) is 0.308. The Morgan fingerprint density at radius 3 is 2.78 bits per heavy atom. The average molecular weight is 250 g/mol. The summed E-state index contributed by atoms with van der Waals surface area (Å²) in [5.41, 5.74) is 1.37. The maximum atomic E-state index is 13.0. The third kappa shape index (κ3) is 2.87. The number of phenols is 1. The van der Waals surface area contributed by atoms with Crippen LogP contribution in [0.3, 0.4) is 0 Å². The predicted octanol–water partition coefficient (Wildman–Crippen LogP) is 2.43. The van der Waals surface area contributed by atoms with Gasteiger partial charge in [-0.3, -0.25) is 0 Å². The minimum atomic E-state index is -0.368. The Morgan fingerprint density at radius 2 is 2.11 bits per heavy atom. The largest absolute Gasteiger partial charge is 0.508 e. The molecule has 0 aliphatic heterocycles. The van der Waals surface area contributed by atoms with Gasteiger partial charge in [0.25, 0.3) is 0 Å². The molecule has 0 aliphatic rings. The predicted molar refractivity (Wildman–Crippen MR) is 64.6 cm³/mol. The van der Waals surface area contributed by atoms with Crippen molar-refractivity contribution in [2.45, 2.75) is 26.9 Å². The van der Waals surface area contributed by atoms with E-state index in [4.69, 9.17) is 4.42 Å². The molecular weight excluding hydrogens is 235 g/mol. The molecule has 4 nitrogen and oxygen atoms in total. The molecular formula is C13H15FN2O2. The molecule has 0 bridgehead atoms. The molecule has 1 heterocycles. The molecule has 0 amide bonds. The van der Waals surface area contributed by atoms with Crippen molar-refractivity contribution in [3.8, 4) is 5.75 Å². The van der Waals surface area contributed by atoms with Gasteiger partial charge in [0.05, 0.1) is 12.2 Å². The summed E-state index contributed by atoms with van der Waals surface area (Å²) in [6, 6.07) is 3.86. The van der Waals surface area contributed by atoms with E-state index in [0.717, 1.165) is 11.5 Å². The topological polar surface area (TPSA) is 58.3 Å². The van der Waals surface area contributed by atoms with Crippen LogP contribution in [0.1, 0.15) is 22.9 Å². The van der Waals surface area contributed by atoms with Gasteiger partial charge in [-0.2, -0.15) is 0 Å². The van der Waals surface area contributed by atoms with E-state index in [1.807, 2.05) is 13.8 Å². The Labute approximate surface area is 104 Å². The number of halogens is 1. The summed E-state index contributed by atoms with van der Waals surface area (Å²) in [7, 11) is 0. The van der Waals surface area contributed by atoms with Gasteiger partial charge in [-0.1, -0.05) is 0 Å². The number of nitrogens with one attached hydrogen (secondary N) is 1. The molecule has 18 heavy (non-hydrogen) atoms. The number of hydrogen-bond donors (Lipinski definition) is 2. The van der Waals surface area contributed by atoms with Gasteiger partial charge >= 0.3 is 0 Å². The van der Waals surface area contributed by atoms with Gasteiger partial charge in [-0.25, -0.2) is 9.37 Å². The standard InChI is InChI=1S/C13H15FN2O2/c1-8-9(2)18-13(16-8)7-15-6-10-5-11(14)3-4-12(10)17/h3-5,15,17H,6-7H2,1-2H3. The highest BCUT2D eigenvalue weighted by Crippen LogP contribution is 2.17. The number of oxazole rings is 1. The van der Waals surface area contributed by atoms with Gasteiger partial charge in [0.1, 0.15) is 17.3 Å². The van der Waals surface area contributed by atoms with E-state index in [9.17, 15) is 9.50 Å². The lowest BCUT2D eigenvalue weighted by molar-refractivity contribution is 0.439. The number of aromatic hydroxyl groups is 1. The smallest absolute Gasteiger partial charge is 0.208 e. The summed E-state index contributed by atoms with van der Waals surface area (Å²) in [6.07, 6.45) is 0. The second-order valence-corrected chi connectivity index (χ2v) is 4.13. The van der Waals surface area contributed by atoms with Crippen LogP contribution in [0.5, 0.6) is 5.75 Å². The van der Waals surface area contributed by atoms with Crippen LogP contribution >= 0.6 is 0 Å². The van der Waals surface area contributed by atoms with Gasteiger partial charge < -0.3 is 14.8 Å². The first kappa shape index (κ1) is 12.6. The molecule has 1 aromatic carbocycles. The van der Waals surface area contributed by atoms with Crippen LogP contribution in [0, 0.1) is 19.7 Å². The molecule has 0 aliphatic carbocycles. The molecule has 1 aromatic heterocycles. The van der Waals surface area contributed by atoms with E-state index in [2.05, 4.69) is 10.3 Å². The molecule has 0 radical (unpaired) electrons. The summed E-state index contributed by atoms with van der Waals surface area (Å²) in [5, 5.41) is 12.6. The Hall–Kier alpha value is -1.88. The highest BCUT2D eigenvalue weighted by Gasteiger charge is 2.06. The fourth-order valence-electron chi connectivity index (χ4n) is 1.61. The zero-order chi connectivity index (χ0) is 13.1. The average Bonchev–Trinajstić information content (AvgIpc) is 2.63. The van der Waals surface area contributed by atoms with Crippen LogP contribution in [-0.4, -0.2) is 10.1 Å². The van der Waals surface area contributed by atoms with Crippen LogP contribution in [-0.2, 0) is 13.1 Å². The molecule has 0 atom stereocenters. The molecule has 0 spiro atoms. The summed E-state index contributed by atoms with van der Waals surface area (Å²) in [4.78, 5) is 4.22. The van der Waals surface area contributed by atoms with E-state index in [1.165, 1.54) is 18.2 Å². The summed E-state index contributed by atoms with van der Waals surface area (Å²) < 4.78 is 18.4. The number of nitrogens with zero attached hydrogens (tertiary/aromatic N) is 1. The number of phenolic OH excluding ortho intramolecular Hbond substituents is 1. The van der Waals surface area contributed by atoms with Crippen LogP contribution in [0.4, 0.5) is 4.39 Å². The molecule has 5 heteroatoms. The Balaban J connectivity index is 1.94. The van der Waals surface area contributed by atoms with E-state index >= 15 is 0 Å². The Morgan fingerprint density at radius 1 is 1.33 bits per heavy atom. The Kier molecular flexibility index (Phi) is 3.62. The van der Waals surface area contributed by atoms with Crippen LogP contribution in [0.2, 0.25) is 0 Å². The maximum Gasteiger partial charge on any atom is 0.208 e. The van der Waals surface area contributed by atoms with Gasteiger partial charge in [-0.05, 0) is 32.0 Å². The summed E-state index contributed by atoms with van der Waals surface area (Å²) in [5.74, 6) is 1.08. The van der Waals surface area contributed by atoms with E-state index in [1.54, 1.807) is 0 Å². The first-order chi connectivity index (χ1) is 8.56. The minimum Gasteiger partial charge on any atom is -0.508 e. The van der Waals surface area contributed by atoms with Crippen molar-refractivity contribution in [3.63, 3.8) is 0 Å². The number of hydrogen-bond acceptors (Lipinski definition) is 4. The highest BCUT2D eigenvalue weighted by atomic mass is 19.1. The second kappa shape index (κ2) is 5.18. The molecule has 96 valence electrons. The van der Waals surface area contributed by atoms with Gasteiger partial charge in [0.2, 0.25) is 5.89 Å². The number of benzene rings is 1. The molecule has 0 saturated carbocycles. The number of aromatic nitrogens is 1. The van der Waals surface area contributed by atoms with Crippen molar-refractivity contribution in [2.24, 2.45) is 0 Å². The van der Waals surface area contributed by atoms with E-state index < -0.39 is 0 Å². The van der Waals surface area contributed by atoms with Crippen molar-refractivity contribution >= 4 is 0 Å². The van der Waals surface area contributed by atoms with Crippen LogP contribution in [0.25, 0.3) is 0 Å². The van der Waals surface area contributed by atoms with Crippen molar-refractivity contribution in [1.82, 2.24) is 10.3 Å². The lowest BCUT2D eigenvalue weighted by atomic mass is 10.2. The molecule has 2 aromatic rings. The molecule has 0 unspecified atom stereocenters. The third-order valence-electron chi connectivity index (χ3n) is 2.71. The van der Waals surface area contributed by atoms with Gasteiger partial charge in [-0.15, -0.1) is 0 Å². The van der Waals surface area contributed by atoms with Crippen molar-refractivity contribution in [1.29, 1.82) is 0 Å². The maximum absolute atomic E-state index is 13.0. The van der Waals surface area contributed by atoms with Crippen molar-refractivity contribution in [3.05, 3.63) is 46.9 Å². The number of rotatable bonds is 4. The fourth-order valence-corrected chi connectivity index (χ4v) is 1.61. The summed E-state index contributed by atoms with van der Waals surface area (Å²) >= 11 is 0. The minimum absolute atomic E-state index is 0.0728. The zero-order valence-electron chi connectivity index (χ0n) is 10.3. The molecule has 0 saturated heterocycles. The lowest BCUT2D eigenvalue weighted by Crippen LogP contribution is -2.13. The van der Waals surface area contributed by atoms with Crippen LogP contribution in [0.15, 0.2) is 22.6 Å². The SMILES string of the molecule is Cc1nc(CNCc2cc(F)ccc2O)oc1C. The second-order valence-electron chi connectivity index (χ2n) is 4.13. The first-order valence-corrected chi connectivity index (χ1v) is 5.67. The summed E-state index contributed by atoms with van der Waals surface area (Å²) in [6.45, 7) is 4.51. The Bertz CT molecular complexity index is 532. The highest BCUT2D eigenvalue weighted by molar-refractivity contribution is 5.32. The number of aryl methyl sites for hydroxylation is 2. The van der Waals surface area contributed by atoms with E-state index in [0.29, 0.717) is 24.5 Å². The van der Waals surface area contributed by atoms with Crippen molar-refractivity contribution < 1.29 is 13.9 Å². The lowest BCUT2D eigenvalue weighted by Gasteiger charge is -2.05. The quantitative estimate of drug-likeness (QED) is 0.875. The van der Waals surface area contributed by atoms with Crippen molar-refractivity contribution in [2.75, 3.05) is 0 Å². The molecule has 0 fully saturated rings. The van der Waals surface area contributed by atoms with Gasteiger partial charge in [0, 0.05) is 12.1 Å². The van der Waals surface area contributed by atoms with Gasteiger partial charge in [0.15, 0.2) is 0 Å². The van der Waals surface area contributed by atoms with Crippen LogP contribution < -0.4 is 5.32 Å². The zero-order valence-corrected chi connectivity index (χ0v) is 10.3. The normalized spacial score (nSPS) is 10.8. The molecule has 2 rings (SSSR count). The third-order valence-corrected chi connectivity index (χ3v) is 2.71. The monoisotopic (exact) mass is 250 g/mol. The van der Waals surface area contributed by atoms with E-state index in [-0.39, 0.29) is 11.6 Å². The first-order valence-electron chi connectivity index (χ1n) is 5.67. The molecule has 2 N–H and O–H groups in total.